The Labute approximate surface area is 119 Å². The monoisotopic (exact) mass is 275 g/mol. The Morgan fingerprint density at radius 1 is 1.35 bits per heavy atom. The van der Waals surface area contributed by atoms with E-state index in [9.17, 15) is 10.1 Å². The minimum atomic E-state index is -0.299. The maximum atomic E-state index is 11.1. The standard InChI is InChI=1S/C15H21N3O2/c1-11-4-5-15(18(19)20)14(9-11)16-12-6-8-17-7-2-3-13(17)10-12/h4-5,9,12-13,16H,2-3,6-8,10H2,1H3. The highest BCUT2D eigenvalue weighted by Gasteiger charge is 2.32. The number of rotatable bonds is 3. The third kappa shape index (κ3) is 2.63. The molecule has 3 rings (SSSR count). The van der Waals surface area contributed by atoms with Crippen LogP contribution in [-0.4, -0.2) is 35.0 Å². The van der Waals surface area contributed by atoms with Gasteiger partial charge in [0.25, 0.3) is 5.69 Å². The van der Waals surface area contributed by atoms with Crippen LogP contribution >= 0.6 is 0 Å². The molecule has 0 aromatic heterocycles. The predicted molar refractivity (Wildman–Crippen MR) is 79.1 cm³/mol. The lowest BCUT2D eigenvalue weighted by atomic mass is 9.97. The van der Waals surface area contributed by atoms with Crippen molar-refractivity contribution in [3.8, 4) is 0 Å². The van der Waals surface area contributed by atoms with E-state index in [1.165, 1.54) is 19.4 Å². The molecule has 0 spiro atoms. The predicted octanol–water partition coefficient (Wildman–Crippen LogP) is 2.94. The van der Waals surface area contributed by atoms with Gasteiger partial charge in [0.2, 0.25) is 0 Å². The van der Waals surface area contributed by atoms with Crippen molar-refractivity contribution in [1.82, 2.24) is 4.90 Å². The summed E-state index contributed by atoms with van der Waals surface area (Å²) in [5.74, 6) is 0. The number of anilines is 1. The summed E-state index contributed by atoms with van der Waals surface area (Å²) in [4.78, 5) is 13.4. The maximum absolute atomic E-state index is 11.1. The van der Waals surface area contributed by atoms with Crippen molar-refractivity contribution >= 4 is 11.4 Å². The molecule has 20 heavy (non-hydrogen) atoms. The van der Waals surface area contributed by atoms with Gasteiger partial charge in [-0.1, -0.05) is 6.07 Å². The molecule has 108 valence electrons. The molecule has 0 radical (unpaired) electrons. The van der Waals surface area contributed by atoms with E-state index >= 15 is 0 Å². The number of benzene rings is 1. The summed E-state index contributed by atoms with van der Waals surface area (Å²) in [6.45, 7) is 4.30. The molecule has 1 aromatic carbocycles. The average Bonchev–Trinajstić information content (AvgIpc) is 2.85. The lowest BCUT2D eigenvalue weighted by Crippen LogP contribution is -2.42. The molecule has 0 saturated carbocycles. The van der Waals surface area contributed by atoms with Gasteiger partial charge in [0.15, 0.2) is 0 Å². The highest BCUT2D eigenvalue weighted by molar-refractivity contribution is 5.63. The number of nitrogens with zero attached hydrogens (tertiary/aromatic N) is 2. The van der Waals surface area contributed by atoms with E-state index in [1.54, 1.807) is 12.1 Å². The minimum Gasteiger partial charge on any atom is -0.377 e. The smallest absolute Gasteiger partial charge is 0.292 e. The van der Waals surface area contributed by atoms with E-state index in [2.05, 4.69) is 10.2 Å². The first-order valence-corrected chi connectivity index (χ1v) is 7.39. The molecule has 5 nitrogen and oxygen atoms in total. The highest BCUT2D eigenvalue weighted by atomic mass is 16.6. The lowest BCUT2D eigenvalue weighted by molar-refractivity contribution is -0.384. The first-order valence-electron chi connectivity index (χ1n) is 7.39. The highest BCUT2D eigenvalue weighted by Crippen LogP contribution is 2.31. The minimum absolute atomic E-state index is 0.185. The van der Waals surface area contributed by atoms with Crippen LogP contribution in [-0.2, 0) is 0 Å². The van der Waals surface area contributed by atoms with E-state index in [0.717, 1.165) is 24.9 Å². The van der Waals surface area contributed by atoms with Gasteiger partial charge in [-0.3, -0.25) is 10.1 Å². The third-order valence-corrected chi connectivity index (χ3v) is 4.53. The molecule has 0 amide bonds. The molecular formula is C15H21N3O2. The molecule has 1 aromatic rings. The summed E-state index contributed by atoms with van der Waals surface area (Å²) in [7, 11) is 0. The zero-order valence-electron chi connectivity index (χ0n) is 11.8. The second kappa shape index (κ2) is 5.40. The van der Waals surface area contributed by atoms with Crippen LogP contribution in [0.2, 0.25) is 0 Å². The average molecular weight is 275 g/mol. The number of piperidine rings is 1. The Balaban J connectivity index is 1.74. The largest absolute Gasteiger partial charge is 0.377 e. The van der Waals surface area contributed by atoms with E-state index in [-0.39, 0.29) is 10.6 Å². The molecule has 0 bridgehead atoms. The van der Waals surface area contributed by atoms with Gasteiger partial charge in [-0.2, -0.15) is 0 Å². The van der Waals surface area contributed by atoms with Gasteiger partial charge in [0.1, 0.15) is 5.69 Å². The summed E-state index contributed by atoms with van der Waals surface area (Å²) in [5, 5.41) is 14.5. The molecule has 2 fully saturated rings. The number of hydrogen-bond donors (Lipinski definition) is 1. The van der Waals surface area contributed by atoms with Crippen LogP contribution in [0.25, 0.3) is 0 Å². The molecule has 1 N–H and O–H groups in total. The van der Waals surface area contributed by atoms with Gasteiger partial charge in [-0.15, -0.1) is 0 Å². The summed E-state index contributed by atoms with van der Waals surface area (Å²) in [6.07, 6.45) is 4.74. The van der Waals surface area contributed by atoms with Crippen LogP contribution in [0.5, 0.6) is 0 Å². The number of fused-ring (bicyclic) bond motifs is 1. The first-order chi connectivity index (χ1) is 9.63. The Hall–Kier alpha value is -1.62. The fourth-order valence-electron chi connectivity index (χ4n) is 3.50. The normalized spacial score (nSPS) is 26.2. The number of nitro benzene ring substituents is 1. The SMILES string of the molecule is Cc1ccc([N+](=O)[O-])c(NC2CCN3CCCC3C2)c1. The Bertz CT molecular complexity index is 518. The van der Waals surface area contributed by atoms with E-state index < -0.39 is 0 Å². The molecule has 0 aliphatic carbocycles. The second-order valence-electron chi connectivity index (χ2n) is 5.98. The Morgan fingerprint density at radius 2 is 2.20 bits per heavy atom. The topological polar surface area (TPSA) is 58.4 Å². The summed E-state index contributed by atoms with van der Waals surface area (Å²) >= 11 is 0. The van der Waals surface area contributed by atoms with E-state index in [0.29, 0.717) is 17.8 Å². The van der Waals surface area contributed by atoms with Gasteiger partial charge >= 0.3 is 0 Å². The van der Waals surface area contributed by atoms with Crippen LogP contribution in [0.15, 0.2) is 18.2 Å². The molecule has 2 aliphatic rings. The molecule has 5 heteroatoms. The number of nitro groups is 1. The second-order valence-corrected chi connectivity index (χ2v) is 5.98. The lowest BCUT2D eigenvalue weighted by Gasteiger charge is -2.35. The van der Waals surface area contributed by atoms with Gasteiger partial charge in [-0.25, -0.2) is 0 Å². The first kappa shape index (κ1) is 13.4. The zero-order valence-corrected chi connectivity index (χ0v) is 11.8. The van der Waals surface area contributed by atoms with Crippen molar-refractivity contribution in [2.45, 2.75) is 44.7 Å². The van der Waals surface area contributed by atoms with Crippen LogP contribution in [0.1, 0.15) is 31.2 Å². The molecule has 2 heterocycles. The van der Waals surface area contributed by atoms with Crippen molar-refractivity contribution in [3.63, 3.8) is 0 Å². The summed E-state index contributed by atoms with van der Waals surface area (Å²) in [6, 6.07) is 6.31. The van der Waals surface area contributed by atoms with Gasteiger partial charge < -0.3 is 10.2 Å². The number of nitrogens with one attached hydrogen (secondary N) is 1. The van der Waals surface area contributed by atoms with Crippen LogP contribution in [0.4, 0.5) is 11.4 Å². The quantitative estimate of drug-likeness (QED) is 0.680. The zero-order chi connectivity index (χ0) is 14.1. The number of aryl methyl sites for hydroxylation is 1. The van der Waals surface area contributed by atoms with Gasteiger partial charge in [-0.05, 0) is 50.8 Å². The summed E-state index contributed by atoms with van der Waals surface area (Å²) < 4.78 is 0. The Morgan fingerprint density at radius 3 is 3.00 bits per heavy atom. The van der Waals surface area contributed by atoms with Crippen molar-refractivity contribution in [3.05, 3.63) is 33.9 Å². The fourth-order valence-corrected chi connectivity index (χ4v) is 3.50. The van der Waals surface area contributed by atoms with Gasteiger partial charge in [0.05, 0.1) is 4.92 Å². The molecular weight excluding hydrogens is 254 g/mol. The number of hydrogen-bond acceptors (Lipinski definition) is 4. The van der Waals surface area contributed by atoms with Crippen LogP contribution < -0.4 is 5.32 Å². The Kier molecular flexibility index (Phi) is 3.61. The summed E-state index contributed by atoms with van der Waals surface area (Å²) in [5.41, 5.74) is 1.91. The van der Waals surface area contributed by atoms with Gasteiger partial charge in [0, 0.05) is 24.7 Å². The van der Waals surface area contributed by atoms with Crippen LogP contribution in [0, 0.1) is 17.0 Å². The van der Waals surface area contributed by atoms with Crippen molar-refractivity contribution in [2.75, 3.05) is 18.4 Å². The van der Waals surface area contributed by atoms with Crippen molar-refractivity contribution in [1.29, 1.82) is 0 Å². The van der Waals surface area contributed by atoms with Crippen molar-refractivity contribution in [2.24, 2.45) is 0 Å². The third-order valence-electron chi connectivity index (χ3n) is 4.53. The van der Waals surface area contributed by atoms with Crippen LogP contribution in [0.3, 0.4) is 0 Å². The molecule has 2 aliphatic heterocycles. The molecule has 2 unspecified atom stereocenters. The van der Waals surface area contributed by atoms with E-state index in [1.807, 2.05) is 13.0 Å². The van der Waals surface area contributed by atoms with Crippen molar-refractivity contribution < 1.29 is 4.92 Å². The fraction of sp³-hybridized carbons (Fsp3) is 0.600. The maximum Gasteiger partial charge on any atom is 0.292 e. The molecule has 2 atom stereocenters. The van der Waals surface area contributed by atoms with E-state index in [4.69, 9.17) is 0 Å². The molecule has 2 saturated heterocycles.